The van der Waals surface area contributed by atoms with Crippen LogP contribution >= 0.6 is 11.6 Å². The van der Waals surface area contributed by atoms with Crippen molar-refractivity contribution in [2.75, 3.05) is 11.2 Å². The number of imidazole rings is 1. The number of benzene rings is 1. The van der Waals surface area contributed by atoms with Crippen LogP contribution in [0.3, 0.4) is 0 Å². The fraction of sp³-hybridized carbons (Fsp3) is 0.154. The van der Waals surface area contributed by atoms with Gasteiger partial charge in [-0.15, -0.1) is 11.6 Å². The van der Waals surface area contributed by atoms with Crippen LogP contribution in [0.5, 0.6) is 0 Å². The minimum absolute atomic E-state index is 0.0133. The Balaban J connectivity index is 2.32. The number of carbonyl (C=O) groups excluding carboxylic acids is 2. The van der Waals surface area contributed by atoms with Crippen molar-refractivity contribution in [3.8, 4) is 0 Å². The molecule has 0 saturated carbocycles. The molecule has 0 aliphatic carbocycles. The van der Waals surface area contributed by atoms with E-state index in [4.69, 9.17) is 17.3 Å². The molecular weight excluding hydrogens is 280 g/mol. The summed E-state index contributed by atoms with van der Waals surface area (Å²) in [5.74, 6) is -1.09. The molecule has 2 amide bonds. The monoisotopic (exact) mass is 292 g/mol. The van der Waals surface area contributed by atoms with E-state index in [1.807, 2.05) is 30.3 Å². The minimum Gasteiger partial charge on any atom is -0.364 e. The quantitative estimate of drug-likeness (QED) is 0.812. The van der Waals surface area contributed by atoms with Crippen LogP contribution in [0.1, 0.15) is 16.1 Å². The number of carbonyl (C=O) groups is 2. The van der Waals surface area contributed by atoms with E-state index in [0.29, 0.717) is 6.54 Å². The third kappa shape index (κ3) is 3.16. The van der Waals surface area contributed by atoms with Crippen molar-refractivity contribution >= 4 is 29.2 Å². The third-order valence-corrected chi connectivity index (χ3v) is 2.89. The van der Waals surface area contributed by atoms with Crippen molar-refractivity contribution in [3.05, 3.63) is 47.9 Å². The van der Waals surface area contributed by atoms with Crippen LogP contribution in [0.2, 0.25) is 0 Å². The van der Waals surface area contributed by atoms with Gasteiger partial charge >= 0.3 is 0 Å². The first kappa shape index (κ1) is 14.1. The Hall–Kier alpha value is -2.34. The summed E-state index contributed by atoms with van der Waals surface area (Å²) < 4.78 is 1.64. The lowest BCUT2D eigenvalue weighted by atomic mass is 10.2. The molecule has 0 spiro atoms. The number of anilines is 1. The summed E-state index contributed by atoms with van der Waals surface area (Å²) in [6, 6.07) is 9.56. The molecule has 7 heteroatoms. The number of primary amides is 1. The number of aromatic nitrogens is 2. The van der Waals surface area contributed by atoms with Gasteiger partial charge in [-0.2, -0.15) is 0 Å². The summed E-state index contributed by atoms with van der Waals surface area (Å²) in [5.41, 5.74) is 6.25. The molecule has 3 N–H and O–H groups in total. The van der Waals surface area contributed by atoms with Gasteiger partial charge in [0.15, 0.2) is 5.69 Å². The minimum atomic E-state index is -0.707. The van der Waals surface area contributed by atoms with E-state index in [2.05, 4.69) is 10.3 Å². The molecule has 1 aromatic heterocycles. The number of hydrogen-bond donors (Lipinski definition) is 2. The Morgan fingerprint density at radius 3 is 2.60 bits per heavy atom. The molecule has 2 rings (SSSR count). The van der Waals surface area contributed by atoms with Gasteiger partial charge in [0, 0.05) is 0 Å². The van der Waals surface area contributed by atoms with Crippen molar-refractivity contribution < 1.29 is 9.59 Å². The Labute approximate surface area is 120 Å². The van der Waals surface area contributed by atoms with Gasteiger partial charge < -0.3 is 15.6 Å². The van der Waals surface area contributed by atoms with E-state index in [1.54, 1.807) is 4.57 Å². The lowest BCUT2D eigenvalue weighted by Crippen LogP contribution is -2.21. The molecule has 0 unspecified atom stereocenters. The Kier molecular flexibility index (Phi) is 4.37. The number of amides is 2. The molecule has 0 atom stereocenters. The van der Waals surface area contributed by atoms with Crippen molar-refractivity contribution in [2.45, 2.75) is 6.54 Å². The first-order chi connectivity index (χ1) is 9.61. The molecule has 0 saturated heterocycles. The Morgan fingerprint density at radius 2 is 2.00 bits per heavy atom. The van der Waals surface area contributed by atoms with Gasteiger partial charge in [-0.05, 0) is 5.56 Å². The molecular formula is C13H13ClN4O2. The van der Waals surface area contributed by atoms with E-state index in [1.165, 1.54) is 6.33 Å². The molecule has 0 aliphatic heterocycles. The van der Waals surface area contributed by atoms with Gasteiger partial charge in [-0.25, -0.2) is 4.98 Å². The van der Waals surface area contributed by atoms with Crippen molar-refractivity contribution in [1.82, 2.24) is 9.55 Å². The van der Waals surface area contributed by atoms with E-state index in [9.17, 15) is 9.59 Å². The topological polar surface area (TPSA) is 90.0 Å². The standard InChI is InChI=1S/C13H13ClN4O2/c14-6-10(19)17-13-11(12(15)20)16-8-18(13)7-9-4-2-1-3-5-9/h1-5,8H,6-7H2,(H2,15,20)(H,17,19). The summed E-state index contributed by atoms with van der Waals surface area (Å²) in [7, 11) is 0. The van der Waals surface area contributed by atoms with E-state index in [-0.39, 0.29) is 17.4 Å². The number of halogens is 1. The van der Waals surface area contributed by atoms with Crippen molar-refractivity contribution in [3.63, 3.8) is 0 Å². The number of alkyl halides is 1. The van der Waals surface area contributed by atoms with Crippen LogP contribution in [0.25, 0.3) is 0 Å². The highest BCUT2D eigenvalue weighted by Crippen LogP contribution is 2.16. The highest BCUT2D eigenvalue weighted by molar-refractivity contribution is 6.29. The normalized spacial score (nSPS) is 10.2. The van der Waals surface area contributed by atoms with Gasteiger partial charge in [0.2, 0.25) is 5.91 Å². The molecule has 2 aromatic rings. The van der Waals surface area contributed by atoms with E-state index >= 15 is 0 Å². The van der Waals surface area contributed by atoms with Crippen LogP contribution in [0, 0.1) is 0 Å². The van der Waals surface area contributed by atoms with Gasteiger partial charge in [-0.1, -0.05) is 30.3 Å². The molecule has 1 heterocycles. The number of nitrogens with two attached hydrogens (primary N) is 1. The number of nitrogens with one attached hydrogen (secondary N) is 1. The number of hydrogen-bond acceptors (Lipinski definition) is 3. The highest BCUT2D eigenvalue weighted by atomic mass is 35.5. The van der Waals surface area contributed by atoms with Crippen molar-refractivity contribution in [1.29, 1.82) is 0 Å². The largest absolute Gasteiger partial charge is 0.364 e. The van der Waals surface area contributed by atoms with Gasteiger partial charge in [0.1, 0.15) is 11.7 Å². The van der Waals surface area contributed by atoms with Gasteiger partial charge in [0.05, 0.1) is 12.9 Å². The maximum Gasteiger partial charge on any atom is 0.271 e. The first-order valence-electron chi connectivity index (χ1n) is 5.86. The maximum atomic E-state index is 11.4. The summed E-state index contributed by atoms with van der Waals surface area (Å²) in [6.07, 6.45) is 1.46. The molecule has 0 radical (unpaired) electrons. The fourth-order valence-corrected chi connectivity index (χ4v) is 1.83. The summed E-state index contributed by atoms with van der Waals surface area (Å²) in [6.45, 7) is 0.457. The van der Waals surface area contributed by atoms with Crippen LogP contribution in [-0.4, -0.2) is 27.2 Å². The predicted octanol–water partition coefficient (Wildman–Crippen LogP) is 1.21. The second kappa shape index (κ2) is 6.21. The predicted molar refractivity (Wildman–Crippen MR) is 75.6 cm³/mol. The average molecular weight is 293 g/mol. The van der Waals surface area contributed by atoms with Gasteiger partial charge in [0.25, 0.3) is 5.91 Å². The summed E-state index contributed by atoms with van der Waals surface area (Å²) >= 11 is 5.46. The molecule has 104 valence electrons. The third-order valence-electron chi connectivity index (χ3n) is 2.65. The zero-order valence-electron chi connectivity index (χ0n) is 10.5. The van der Waals surface area contributed by atoms with E-state index in [0.717, 1.165) is 5.56 Å². The first-order valence-corrected chi connectivity index (χ1v) is 6.40. The Morgan fingerprint density at radius 1 is 1.30 bits per heavy atom. The second-order valence-corrected chi connectivity index (χ2v) is 4.37. The molecule has 6 nitrogen and oxygen atoms in total. The molecule has 20 heavy (non-hydrogen) atoms. The smallest absolute Gasteiger partial charge is 0.271 e. The fourth-order valence-electron chi connectivity index (χ4n) is 1.76. The lowest BCUT2D eigenvalue weighted by Gasteiger charge is -2.10. The van der Waals surface area contributed by atoms with Crippen molar-refractivity contribution in [2.24, 2.45) is 5.73 Å². The van der Waals surface area contributed by atoms with E-state index < -0.39 is 11.8 Å². The molecule has 0 bridgehead atoms. The number of rotatable bonds is 5. The van der Waals surface area contributed by atoms with Crippen LogP contribution in [-0.2, 0) is 11.3 Å². The van der Waals surface area contributed by atoms with Crippen LogP contribution in [0.4, 0.5) is 5.82 Å². The molecule has 1 aromatic carbocycles. The van der Waals surface area contributed by atoms with Crippen LogP contribution < -0.4 is 11.1 Å². The lowest BCUT2D eigenvalue weighted by molar-refractivity contribution is -0.114. The average Bonchev–Trinajstić information content (AvgIpc) is 2.83. The zero-order valence-corrected chi connectivity index (χ0v) is 11.3. The molecule has 0 aliphatic rings. The SMILES string of the molecule is NC(=O)c1ncn(Cc2ccccc2)c1NC(=O)CCl. The second-order valence-electron chi connectivity index (χ2n) is 4.10. The summed E-state index contributed by atoms with van der Waals surface area (Å²) in [5, 5.41) is 2.54. The molecule has 0 fully saturated rings. The van der Waals surface area contributed by atoms with Crippen LogP contribution in [0.15, 0.2) is 36.7 Å². The highest BCUT2D eigenvalue weighted by Gasteiger charge is 2.17. The zero-order chi connectivity index (χ0) is 14.5. The maximum absolute atomic E-state index is 11.4. The number of nitrogens with zero attached hydrogens (tertiary/aromatic N) is 2. The Bertz CT molecular complexity index is 625. The van der Waals surface area contributed by atoms with Gasteiger partial charge in [-0.3, -0.25) is 9.59 Å². The summed E-state index contributed by atoms with van der Waals surface area (Å²) in [4.78, 5) is 26.7.